The Labute approximate surface area is 129 Å². The molecule has 2 aromatic rings. The van der Waals surface area contributed by atoms with Crippen LogP contribution in [0.1, 0.15) is 19.4 Å². The number of carbonyl (C=O) groups is 2. The fourth-order valence-corrected chi connectivity index (χ4v) is 2.53. The zero-order chi connectivity index (χ0) is 15.2. The number of carbonyl (C=O) groups excluding carboxylic acids is 2. The molecule has 0 radical (unpaired) electrons. The van der Waals surface area contributed by atoms with Crippen LogP contribution in [-0.4, -0.2) is 22.7 Å². The van der Waals surface area contributed by atoms with E-state index in [1.54, 1.807) is 6.20 Å². The van der Waals surface area contributed by atoms with Gasteiger partial charge in [-0.05, 0) is 24.3 Å². The van der Waals surface area contributed by atoms with Crippen LogP contribution < -0.4 is 0 Å². The van der Waals surface area contributed by atoms with Gasteiger partial charge < -0.3 is 14.5 Å². The van der Waals surface area contributed by atoms with Gasteiger partial charge >= 0.3 is 11.9 Å². The number of halogens is 1. The van der Waals surface area contributed by atoms with Gasteiger partial charge in [0.05, 0.1) is 0 Å². The van der Waals surface area contributed by atoms with Crippen LogP contribution in [-0.2, 0) is 19.1 Å². The summed E-state index contributed by atoms with van der Waals surface area (Å²) in [5, 5.41) is 0.891. The lowest BCUT2D eigenvalue weighted by Crippen LogP contribution is -2.41. The lowest BCUT2D eigenvalue weighted by atomic mass is 10.1. The number of rotatable bonds is 1. The van der Waals surface area contributed by atoms with E-state index in [2.05, 4.69) is 20.9 Å². The summed E-state index contributed by atoms with van der Waals surface area (Å²) >= 11 is 3.40. The van der Waals surface area contributed by atoms with E-state index in [0.29, 0.717) is 0 Å². The SMILES string of the molecule is CC1(C)OC(=O)C(=Cc2c[nH]c3ccc(Br)cc23)C(=O)O1. The van der Waals surface area contributed by atoms with Crippen LogP contribution in [0.4, 0.5) is 0 Å². The largest absolute Gasteiger partial charge is 0.419 e. The Morgan fingerprint density at radius 1 is 1.19 bits per heavy atom. The topological polar surface area (TPSA) is 68.4 Å². The second-order valence-corrected chi connectivity index (χ2v) is 6.09. The molecule has 3 rings (SSSR count). The number of hydrogen-bond acceptors (Lipinski definition) is 4. The monoisotopic (exact) mass is 349 g/mol. The molecule has 0 unspecified atom stereocenters. The summed E-state index contributed by atoms with van der Waals surface area (Å²) in [6.07, 6.45) is 3.20. The van der Waals surface area contributed by atoms with Crippen LogP contribution in [0.2, 0.25) is 0 Å². The van der Waals surface area contributed by atoms with E-state index in [0.717, 1.165) is 20.9 Å². The number of aromatic nitrogens is 1. The minimum Gasteiger partial charge on any atom is -0.419 e. The second-order valence-electron chi connectivity index (χ2n) is 5.17. The molecule has 21 heavy (non-hydrogen) atoms. The van der Waals surface area contributed by atoms with E-state index in [-0.39, 0.29) is 5.57 Å². The molecule has 0 aliphatic carbocycles. The molecular weight excluding hydrogens is 338 g/mol. The van der Waals surface area contributed by atoms with Crippen LogP contribution >= 0.6 is 15.9 Å². The van der Waals surface area contributed by atoms with Crippen molar-refractivity contribution in [2.75, 3.05) is 0 Å². The van der Waals surface area contributed by atoms with Crippen molar-refractivity contribution >= 4 is 44.8 Å². The van der Waals surface area contributed by atoms with Gasteiger partial charge in [0, 0.05) is 41.0 Å². The maximum absolute atomic E-state index is 11.9. The predicted molar refractivity (Wildman–Crippen MR) is 80.2 cm³/mol. The molecule has 0 saturated carbocycles. The highest BCUT2D eigenvalue weighted by atomic mass is 79.9. The molecule has 0 atom stereocenters. The standard InChI is InChI=1S/C15H12BrNO4/c1-15(2)20-13(18)11(14(19)21-15)5-8-7-17-12-4-3-9(16)6-10(8)12/h3-7,17H,1-2H3. The fourth-order valence-electron chi connectivity index (χ4n) is 2.17. The number of hydrogen-bond donors (Lipinski definition) is 1. The summed E-state index contributed by atoms with van der Waals surface area (Å²) in [5.74, 6) is -2.59. The minimum absolute atomic E-state index is 0.116. The molecule has 0 amide bonds. The quantitative estimate of drug-likeness (QED) is 0.487. The maximum Gasteiger partial charge on any atom is 0.348 e. The molecule has 1 saturated heterocycles. The van der Waals surface area contributed by atoms with Gasteiger partial charge in [-0.25, -0.2) is 9.59 Å². The Morgan fingerprint density at radius 2 is 1.86 bits per heavy atom. The summed E-state index contributed by atoms with van der Waals surface area (Å²) < 4.78 is 11.0. The first-order valence-electron chi connectivity index (χ1n) is 6.31. The zero-order valence-corrected chi connectivity index (χ0v) is 13.0. The highest BCUT2D eigenvalue weighted by Gasteiger charge is 2.38. The molecule has 2 heterocycles. The molecular formula is C15H12BrNO4. The Hall–Kier alpha value is -2.08. The summed E-state index contributed by atoms with van der Waals surface area (Å²) in [4.78, 5) is 27.0. The van der Waals surface area contributed by atoms with E-state index < -0.39 is 17.7 Å². The Bertz CT molecular complexity index is 766. The highest BCUT2D eigenvalue weighted by molar-refractivity contribution is 9.10. The van der Waals surface area contributed by atoms with E-state index >= 15 is 0 Å². The minimum atomic E-state index is -1.23. The average Bonchev–Trinajstić information content (AvgIpc) is 2.75. The third-order valence-electron chi connectivity index (χ3n) is 3.09. The summed E-state index contributed by atoms with van der Waals surface area (Å²) in [5.41, 5.74) is 1.51. The number of aromatic amines is 1. The number of cyclic esters (lactones) is 2. The fraction of sp³-hybridized carbons (Fsp3) is 0.200. The molecule has 5 nitrogen and oxygen atoms in total. The first-order valence-corrected chi connectivity index (χ1v) is 7.10. The predicted octanol–water partition coefficient (Wildman–Crippen LogP) is 3.15. The van der Waals surface area contributed by atoms with Gasteiger partial charge in [-0.2, -0.15) is 0 Å². The van der Waals surface area contributed by atoms with Crippen molar-refractivity contribution in [1.29, 1.82) is 0 Å². The third kappa shape index (κ3) is 2.58. The molecule has 108 valence electrons. The zero-order valence-electron chi connectivity index (χ0n) is 11.4. The molecule has 1 fully saturated rings. The third-order valence-corrected chi connectivity index (χ3v) is 3.59. The van der Waals surface area contributed by atoms with E-state index in [4.69, 9.17) is 9.47 Å². The van der Waals surface area contributed by atoms with Gasteiger partial charge in [-0.15, -0.1) is 0 Å². The van der Waals surface area contributed by atoms with Crippen molar-refractivity contribution in [3.05, 3.63) is 40.0 Å². The van der Waals surface area contributed by atoms with Crippen LogP contribution in [0, 0.1) is 0 Å². The molecule has 0 bridgehead atoms. The maximum atomic E-state index is 11.9. The lowest BCUT2D eigenvalue weighted by molar-refractivity contribution is -0.222. The van der Waals surface area contributed by atoms with Crippen molar-refractivity contribution in [3.8, 4) is 0 Å². The number of ether oxygens (including phenoxy) is 2. The normalized spacial score (nSPS) is 17.6. The Kier molecular flexibility index (Phi) is 3.13. The number of nitrogens with one attached hydrogen (secondary N) is 1. The Morgan fingerprint density at radius 3 is 2.52 bits per heavy atom. The molecule has 1 N–H and O–H groups in total. The van der Waals surface area contributed by atoms with Gasteiger partial charge in [-0.3, -0.25) is 0 Å². The second kappa shape index (κ2) is 4.73. The van der Waals surface area contributed by atoms with Gasteiger partial charge in [-0.1, -0.05) is 15.9 Å². The smallest absolute Gasteiger partial charge is 0.348 e. The molecule has 1 aromatic carbocycles. The Balaban J connectivity index is 2.06. The molecule has 1 aromatic heterocycles. The van der Waals surface area contributed by atoms with Crippen LogP contribution in [0.5, 0.6) is 0 Å². The number of fused-ring (bicyclic) bond motifs is 1. The summed E-state index contributed by atoms with van der Waals surface area (Å²) in [7, 11) is 0. The molecule has 0 spiro atoms. The first-order chi connectivity index (χ1) is 9.85. The number of H-pyrrole nitrogens is 1. The van der Waals surface area contributed by atoms with Gasteiger partial charge in [0.1, 0.15) is 5.57 Å². The van der Waals surface area contributed by atoms with E-state index in [1.165, 1.54) is 19.9 Å². The number of benzene rings is 1. The lowest BCUT2D eigenvalue weighted by Gasteiger charge is -2.29. The number of esters is 2. The van der Waals surface area contributed by atoms with Crippen molar-refractivity contribution < 1.29 is 19.1 Å². The average molecular weight is 350 g/mol. The van der Waals surface area contributed by atoms with Crippen molar-refractivity contribution in [2.45, 2.75) is 19.6 Å². The van der Waals surface area contributed by atoms with Gasteiger partial charge in [0.25, 0.3) is 5.79 Å². The summed E-state index contributed by atoms with van der Waals surface area (Å²) in [6.45, 7) is 3.03. The van der Waals surface area contributed by atoms with Gasteiger partial charge in [0.15, 0.2) is 0 Å². The van der Waals surface area contributed by atoms with Crippen LogP contribution in [0.25, 0.3) is 17.0 Å². The highest BCUT2D eigenvalue weighted by Crippen LogP contribution is 2.28. The molecule has 1 aliphatic rings. The van der Waals surface area contributed by atoms with Crippen molar-refractivity contribution in [2.24, 2.45) is 0 Å². The van der Waals surface area contributed by atoms with E-state index in [9.17, 15) is 9.59 Å². The van der Waals surface area contributed by atoms with Crippen LogP contribution in [0.15, 0.2) is 34.4 Å². The molecule has 6 heteroatoms. The van der Waals surface area contributed by atoms with Crippen LogP contribution in [0.3, 0.4) is 0 Å². The van der Waals surface area contributed by atoms with E-state index in [1.807, 2.05) is 18.2 Å². The van der Waals surface area contributed by atoms with Crippen molar-refractivity contribution in [1.82, 2.24) is 4.98 Å². The van der Waals surface area contributed by atoms with Gasteiger partial charge in [0.2, 0.25) is 0 Å². The first kappa shape index (κ1) is 13.9. The molecule has 1 aliphatic heterocycles. The van der Waals surface area contributed by atoms with Crippen molar-refractivity contribution in [3.63, 3.8) is 0 Å². The summed E-state index contributed by atoms with van der Waals surface area (Å²) in [6, 6.07) is 5.71.